The Kier molecular flexibility index (Phi) is 5.18. The molecular weight excluding hydrogens is 250 g/mol. The predicted octanol–water partition coefficient (Wildman–Crippen LogP) is 3.27. The van der Waals surface area contributed by atoms with Crippen molar-refractivity contribution in [1.82, 2.24) is 9.78 Å². The summed E-state index contributed by atoms with van der Waals surface area (Å²) in [6, 6.07) is 8.75. The van der Waals surface area contributed by atoms with E-state index in [-0.39, 0.29) is 0 Å². The van der Waals surface area contributed by atoms with Crippen LogP contribution in [0.4, 0.5) is 5.69 Å². The Morgan fingerprint density at radius 3 is 2.65 bits per heavy atom. The third kappa shape index (κ3) is 4.10. The quantitative estimate of drug-likeness (QED) is 0.841. The second kappa shape index (κ2) is 7.10. The summed E-state index contributed by atoms with van der Waals surface area (Å²) < 4.78 is 6.92. The molecule has 0 aliphatic carbocycles. The summed E-state index contributed by atoms with van der Waals surface area (Å²) in [5, 5.41) is 7.66. The number of ether oxygens (including phenoxy) is 1. The molecule has 1 aromatic heterocycles. The summed E-state index contributed by atoms with van der Waals surface area (Å²) >= 11 is 0. The van der Waals surface area contributed by atoms with Gasteiger partial charge in [0.1, 0.15) is 0 Å². The molecule has 1 heterocycles. The van der Waals surface area contributed by atoms with E-state index in [1.807, 2.05) is 17.1 Å². The second-order valence-corrected chi connectivity index (χ2v) is 5.23. The van der Waals surface area contributed by atoms with E-state index in [1.165, 1.54) is 11.1 Å². The number of hydrogen-bond acceptors (Lipinski definition) is 3. The molecule has 4 nitrogen and oxygen atoms in total. The van der Waals surface area contributed by atoms with Crippen molar-refractivity contribution in [3.05, 3.63) is 47.8 Å². The monoisotopic (exact) mass is 273 g/mol. The number of rotatable bonds is 7. The van der Waals surface area contributed by atoms with Gasteiger partial charge >= 0.3 is 0 Å². The highest BCUT2D eigenvalue weighted by Gasteiger charge is 2.01. The van der Waals surface area contributed by atoms with Crippen LogP contribution < -0.4 is 5.32 Å². The van der Waals surface area contributed by atoms with Gasteiger partial charge in [-0.1, -0.05) is 38.1 Å². The summed E-state index contributed by atoms with van der Waals surface area (Å²) in [5.74, 6) is 0.580. The Balaban J connectivity index is 1.86. The van der Waals surface area contributed by atoms with Crippen molar-refractivity contribution in [3.8, 4) is 0 Å². The Labute approximate surface area is 120 Å². The minimum absolute atomic E-state index is 0.580. The van der Waals surface area contributed by atoms with Gasteiger partial charge in [-0.2, -0.15) is 5.10 Å². The van der Waals surface area contributed by atoms with Gasteiger partial charge in [-0.05, 0) is 17.0 Å². The van der Waals surface area contributed by atoms with Crippen LogP contribution in [0.15, 0.2) is 36.7 Å². The van der Waals surface area contributed by atoms with Crippen molar-refractivity contribution in [3.63, 3.8) is 0 Å². The Bertz CT molecular complexity index is 517. The van der Waals surface area contributed by atoms with Gasteiger partial charge in [-0.3, -0.25) is 4.68 Å². The van der Waals surface area contributed by atoms with E-state index < -0.39 is 0 Å². The normalized spacial score (nSPS) is 11.0. The fourth-order valence-corrected chi connectivity index (χ4v) is 1.99. The lowest BCUT2D eigenvalue weighted by atomic mass is 10.0. The largest absolute Gasteiger partial charge is 0.383 e. The van der Waals surface area contributed by atoms with E-state index in [0.29, 0.717) is 12.5 Å². The minimum Gasteiger partial charge on any atom is -0.383 e. The van der Waals surface area contributed by atoms with Gasteiger partial charge in [0.2, 0.25) is 0 Å². The van der Waals surface area contributed by atoms with Crippen molar-refractivity contribution in [2.45, 2.75) is 32.9 Å². The highest BCUT2D eigenvalue weighted by molar-refractivity contribution is 5.39. The van der Waals surface area contributed by atoms with E-state index >= 15 is 0 Å². The summed E-state index contributed by atoms with van der Waals surface area (Å²) in [6.07, 6.45) is 3.85. The van der Waals surface area contributed by atoms with Crippen molar-refractivity contribution < 1.29 is 4.74 Å². The number of nitrogens with zero attached hydrogens (tertiary/aromatic N) is 2. The first kappa shape index (κ1) is 14.6. The molecule has 1 N–H and O–H groups in total. The molecule has 4 heteroatoms. The zero-order chi connectivity index (χ0) is 14.4. The molecule has 0 fully saturated rings. The maximum Gasteiger partial charge on any atom is 0.0729 e. The summed E-state index contributed by atoms with van der Waals surface area (Å²) in [7, 11) is 1.70. The van der Waals surface area contributed by atoms with Gasteiger partial charge < -0.3 is 10.1 Å². The molecule has 0 amide bonds. The summed E-state index contributed by atoms with van der Waals surface area (Å²) in [5.41, 5.74) is 3.69. The fourth-order valence-electron chi connectivity index (χ4n) is 1.99. The van der Waals surface area contributed by atoms with Crippen LogP contribution >= 0.6 is 0 Å². The number of hydrogen-bond donors (Lipinski definition) is 1. The van der Waals surface area contributed by atoms with E-state index in [9.17, 15) is 0 Å². The van der Waals surface area contributed by atoms with E-state index in [1.54, 1.807) is 7.11 Å². The van der Waals surface area contributed by atoms with E-state index in [4.69, 9.17) is 4.74 Å². The molecule has 0 radical (unpaired) electrons. The van der Waals surface area contributed by atoms with Crippen molar-refractivity contribution in [2.75, 3.05) is 19.0 Å². The fraction of sp³-hybridized carbons (Fsp3) is 0.438. The zero-order valence-corrected chi connectivity index (χ0v) is 12.5. The Morgan fingerprint density at radius 1 is 1.25 bits per heavy atom. The molecule has 0 saturated carbocycles. The molecule has 108 valence electrons. The second-order valence-electron chi connectivity index (χ2n) is 5.23. The van der Waals surface area contributed by atoms with Crippen LogP contribution in [0.1, 0.15) is 30.9 Å². The maximum absolute atomic E-state index is 5.03. The molecule has 1 aromatic carbocycles. The average molecular weight is 273 g/mol. The SMILES string of the molecule is COCCn1cc(NCc2ccc(C(C)C)cc2)cn1. The van der Waals surface area contributed by atoms with Crippen LogP contribution in [-0.2, 0) is 17.8 Å². The number of aromatic nitrogens is 2. The molecule has 0 saturated heterocycles. The van der Waals surface area contributed by atoms with Crippen LogP contribution in [0, 0.1) is 0 Å². The molecule has 0 spiro atoms. The molecule has 0 unspecified atom stereocenters. The highest BCUT2D eigenvalue weighted by atomic mass is 16.5. The average Bonchev–Trinajstić information content (AvgIpc) is 2.91. The number of benzene rings is 1. The first-order chi connectivity index (χ1) is 9.69. The first-order valence-electron chi connectivity index (χ1n) is 7.03. The topological polar surface area (TPSA) is 39.1 Å². The predicted molar refractivity (Wildman–Crippen MR) is 82.0 cm³/mol. The molecule has 0 aliphatic rings. The molecular formula is C16H23N3O. The van der Waals surface area contributed by atoms with Gasteiger partial charge in [0, 0.05) is 19.9 Å². The molecule has 0 aliphatic heterocycles. The number of anilines is 1. The molecule has 2 aromatic rings. The van der Waals surface area contributed by atoms with E-state index in [0.717, 1.165) is 18.8 Å². The Morgan fingerprint density at radius 2 is 2.00 bits per heavy atom. The maximum atomic E-state index is 5.03. The highest BCUT2D eigenvalue weighted by Crippen LogP contribution is 2.15. The Hall–Kier alpha value is -1.81. The van der Waals surface area contributed by atoms with Crippen LogP contribution in [0.5, 0.6) is 0 Å². The van der Waals surface area contributed by atoms with Crippen molar-refractivity contribution >= 4 is 5.69 Å². The number of methoxy groups -OCH3 is 1. The van der Waals surface area contributed by atoms with Crippen molar-refractivity contribution in [1.29, 1.82) is 0 Å². The first-order valence-corrected chi connectivity index (χ1v) is 7.03. The van der Waals surface area contributed by atoms with Crippen LogP contribution in [-0.4, -0.2) is 23.5 Å². The smallest absolute Gasteiger partial charge is 0.0729 e. The van der Waals surface area contributed by atoms with Gasteiger partial charge in [0.05, 0.1) is 25.0 Å². The van der Waals surface area contributed by atoms with Crippen molar-refractivity contribution in [2.24, 2.45) is 0 Å². The molecule has 2 rings (SSSR count). The minimum atomic E-state index is 0.580. The third-order valence-corrected chi connectivity index (χ3v) is 3.30. The summed E-state index contributed by atoms with van der Waals surface area (Å²) in [6.45, 7) is 6.69. The van der Waals surface area contributed by atoms with Crippen LogP contribution in [0.25, 0.3) is 0 Å². The van der Waals surface area contributed by atoms with Gasteiger partial charge in [0.25, 0.3) is 0 Å². The van der Waals surface area contributed by atoms with Gasteiger partial charge in [-0.15, -0.1) is 0 Å². The van der Waals surface area contributed by atoms with Gasteiger partial charge in [-0.25, -0.2) is 0 Å². The van der Waals surface area contributed by atoms with Crippen LogP contribution in [0.2, 0.25) is 0 Å². The number of nitrogens with one attached hydrogen (secondary N) is 1. The molecule has 0 atom stereocenters. The standard InChI is InChI=1S/C16H23N3O/c1-13(2)15-6-4-14(5-7-15)10-17-16-11-18-19(12-16)8-9-20-3/h4-7,11-13,17H,8-10H2,1-3H3. The third-order valence-electron chi connectivity index (χ3n) is 3.30. The lowest BCUT2D eigenvalue weighted by molar-refractivity contribution is 0.183. The zero-order valence-electron chi connectivity index (χ0n) is 12.5. The lowest BCUT2D eigenvalue weighted by Crippen LogP contribution is -2.04. The van der Waals surface area contributed by atoms with Crippen LogP contribution in [0.3, 0.4) is 0 Å². The van der Waals surface area contributed by atoms with E-state index in [2.05, 4.69) is 48.5 Å². The molecule has 0 bridgehead atoms. The lowest BCUT2D eigenvalue weighted by Gasteiger charge is -2.07. The van der Waals surface area contributed by atoms with Gasteiger partial charge in [0.15, 0.2) is 0 Å². The molecule has 20 heavy (non-hydrogen) atoms. The summed E-state index contributed by atoms with van der Waals surface area (Å²) in [4.78, 5) is 0.